The lowest BCUT2D eigenvalue weighted by atomic mass is 9.98. The Kier molecular flexibility index (Phi) is 4.94. The number of hydrogen-bond donors (Lipinski definition) is 2. The number of aromatic amines is 1. The molecule has 27 heavy (non-hydrogen) atoms. The Morgan fingerprint density at radius 2 is 2.04 bits per heavy atom. The summed E-state index contributed by atoms with van der Waals surface area (Å²) >= 11 is 0. The average Bonchev–Trinajstić information content (AvgIpc) is 3.29. The zero-order valence-corrected chi connectivity index (χ0v) is 16.5. The number of hydrogen-bond acceptors (Lipinski definition) is 6. The summed E-state index contributed by atoms with van der Waals surface area (Å²) in [5.41, 5.74) is 0.310. The number of ether oxygens (including phenoxy) is 1. The lowest BCUT2D eigenvalue weighted by Gasteiger charge is -2.32. The number of aromatic nitrogens is 4. The molecule has 0 aliphatic carbocycles. The van der Waals surface area contributed by atoms with Gasteiger partial charge in [0.25, 0.3) is 5.56 Å². The van der Waals surface area contributed by atoms with E-state index in [1.165, 1.54) is 0 Å². The summed E-state index contributed by atoms with van der Waals surface area (Å²) in [6, 6.07) is 0. The molecule has 0 radical (unpaired) electrons. The van der Waals surface area contributed by atoms with Crippen LogP contribution < -0.4 is 15.8 Å². The number of nitrogens with zero attached hydrogens (tertiary/aromatic N) is 4. The van der Waals surface area contributed by atoms with E-state index in [9.17, 15) is 4.79 Å². The molecule has 8 heteroatoms. The first-order chi connectivity index (χ1) is 12.9. The molecule has 2 saturated heterocycles. The van der Waals surface area contributed by atoms with Gasteiger partial charge in [0.05, 0.1) is 17.8 Å². The Morgan fingerprint density at radius 1 is 1.26 bits per heavy atom. The van der Waals surface area contributed by atoms with Crippen molar-refractivity contribution in [1.29, 1.82) is 0 Å². The van der Waals surface area contributed by atoms with Gasteiger partial charge >= 0.3 is 0 Å². The van der Waals surface area contributed by atoms with Crippen molar-refractivity contribution in [1.82, 2.24) is 25.1 Å². The van der Waals surface area contributed by atoms with Gasteiger partial charge < -0.3 is 15.0 Å². The Bertz CT molecular complexity index is 838. The highest BCUT2D eigenvalue weighted by Crippen LogP contribution is 2.24. The maximum absolute atomic E-state index is 12.5. The minimum atomic E-state index is -0.223. The summed E-state index contributed by atoms with van der Waals surface area (Å²) in [4.78, 5) is 22.4. The Hall–Kier alpha value is -1.93. The number of anilines is 1. The van der Waals surface area contributed by atoms with Crippen molar-refractivity contribution in [3.05, 3.63) is 16.6 Å². The maximum atomic E-state index is 12.5. The quantitative estimate of drug-likeness (QED) is 0.843. The zero-order chi connectivity index (χ0) is 19.0. The molecule has 4 heterocycles. The predicted molar refractivity (Wildman–Crippen MR) is 105 cm³/mol. The zero-order valence-electron chi connectivity index (χ0n) is 16.5. The van der Waals surface area contributed by atoms with E-state index in [2.05, 4.69) is 41.1 Å². The summed E-state index contributed by atoms with van der Waals surface area (Å²) in [7, 11) is 0. The third-order valence-electron chi connectivity index (χ3n) is 5.56. The first-order valence-corrected chi connectivity index (χ1v) is 9.97. The number of piperidine rings is 1. The maximum Gasteiger partial charge on any atom is 0.263 e. The van der Waals surface area contributed by atoms with Crippen LogP contribution in [0.1, 0.15) is 40.0 Å². The molecule has 0 spiro atoms. The highest BCUT2D eigenvalue weighted by atomic mass is 16.5. The van der Waals surface area contributed by atoms with Crippen LogP contribution in [0.4, 0.5) is 5.95 Å². The van der Waals surface area contributed by atoms with E-state index in [4.69, 9.17) is 9.72 Å². The molecule has 2 N–H and O–H groups in total. The summed E-state index contributed by atoms with van der Waals surface area (Å²) in [5.74, 6) is 1.23. The fourth-order valence-electron chi connectivity index (χ4n) is 3.90. The van der Waals surface area contributed by atoms with Crippen molar-refractivity contribution >= 4 is 17.0 Å². The normalized spacial score (nSPS) is 22.0. The van der Waals surface area contributed by atoms with Crippen LogP contribution in [-0.2, 0) is 10.3 Å². The van der Waals surface area contributed by atoms with Gasteiger partial charge in [0.2, 0.25) is 5.95 Å². The summed E-state index contributed by atoms with van der Waals surface area (Å²) < 4.78 is 7.87. The van der Waals surface area contributed by atoms with E-state index in [1.54, 1.807) is 6.20 Å². The van der Waals surface area contributed by atoms with Crippen LogP contribution in [0, 0.1) is 5.92 Å². The second kappa shape index (κ2) is 7.24. The first kappa shape index (κ1) is 18.4. The van der Waals surface area contributed by atoms with Gasteiger partial charge in [-0.15, -0.1) is 0 Å². The SMILES string of the molecule is CC(C)(C)n1ncc2c(=O)[nH]c(N3CCC(COC4CCNC4)CC3)nc21. The molecule has 2 aliphatic heterocycles. The van der Waals surface area contributed by atoms with Crippen molar-refractivity contribution in [3.63, 3.8) is 0 Å². The number of H-pyrrole nitrogens is 1. The second-order valence-corrected chi connectivity index (χ2v) is 8.73. The van der Waals surface area contributed by atoms with Crippen molar-refractivity contribution in [2.24, 2.45) is 5.92 Å². The van der Waals surface area contributed by atoms with Crippen LogP contribution in [0.15, 0.2) is 11.0 Å². The molecule has 0 saturated carbocycles. The fourth-order valence-corrected chi connectivity index (χ4v) is 3.90. The minimum Gasteiger partial charge on any atom is -0.377 e. The molecule has 0 aromatic carbocycles. The fraction of sp³-hybridized carbons (Fsp3) is 0.737. The molecule has 2 aromatic rings. The van der Waals surface area contributed by atoms with E-state index in [-0.39, 0.29) is 11.1 Å². The van der Waals surface area contributed by atoms with Gasteiger partial charge in [-0.25, -0.2) is 4.68 Å². The highest BCUT2D eigenvalue weighted by molar-refractivity contribution is 5.74. The van der Waals surface area contributed by atoms with E-state index in [0.717, 1.165) is 52.0 Å². The van der Waals surface area contributed by atoms with E-state index < -0.39 is 0 Å². The molecule has 1 atom stereocenters. The smallest absolute Gasteiger partial charge is 0.263 e. The van der Waals surface area contributed by atoms with E-state index in [0.29, 0.717) is 29.0 Å². The summed E-state index contributed by atoms with van der Waals surface area (Å²) in [6.07, 6.45) is 5.21. The molecule has 148 valence electrons. The van der Waals surface area contributed by atoms with Crippen LogP contribution >= 0.6 is 0 Å². The molecule has 4 rings (SSSR count). The van der Waals surface area contributed by atoms with Crippen LogP contribution in [0.5, 0.6) is 0 Å². The molecule has 2 aromatic heterocycles. The van der Waals surface area contributed by atoms with Gasteiger partial charge in [0, 0.05) is 26.2 Å². The van der Waals surface area contributed by atoms with Crippen molar-refractivity contribution < 1.29 is 4.74 Å². The highest BCUT2D eigenvalue weighted by Gasteiger charge is 2.25. The van der Waals surface area contributed by atoms with Crippen molar-refractivity contribution in [2.75, 3.05) is 37.7 Å². The van der Waals surface area contributed by atoms with Gasteiger partial charge in [-0.05, 0) is 52.5 Å². The first-order valence-electron chi connectivity index (χ1n) is 9.97. The Labute approximate surface area is 159 Å². The van der Waals surface area contributed by atoms with Gasteiger partial charge in [-0.1, -0.05) is 0 Å². The molecule has 0 amide bonds. The van der Waals surface area contributed by atoms with Gasteiger partial charge in [-0.2, -0.15) is 10.1 Å². The summed E-state index contributed by atoms with van der Waals surface area (Å²) in [5, 5.41) is 8.26. The van der Waals surface area contributed by atoms with Gasteiger partial charge in [-0.3, -0.25) is 9.78 Å². The molecule has 2 aliphatic rings. The topological polar surface area (TPSA) is 88.1 Å². The number of fused-ring (bicyclic) bond motifs is 1. The third-order valence-corrected chi connectivity index (χ3v) is 5.56. The lowest BCUT2D eigenvalue weighted by Crippen LogP contribution is -2.37. The van der Waals surface area contributed by atoms with Crippen LogP contribution in [0.2, 0.25) is 0 Å². The average molecular weight is 374 g/mol. The molecular formula is C19H30N6O2. The summed E-state index contributed by atoms with van der Waals surface area (Å²) in [6.45, 7) is 10.8. The number of nitrogens with one attached hydrogen (secondary N) is 2. The number of rotatable bonds is 4. The molecular weight excluding hydrogens is 344 g/mol. The Balaban J connectivity index is 1.44. The predicted octanol–water partition coefficient (Wildman–Crippen LogP) is 1.47. The molecule has 2 fully saturated rings. The molecule has 1 unspecified atom stereocenters. The monoisotopic (exact) mass is 374 g/mol. The standard InChI is InChI=1S/C19H30N6O2/c1-19(2,3)25-16-15(11-21-25)17(26)23-18(22-16)24-8-5-13(6-9-24)12-27-14-4-7-20-10-14/h11,13-14,20H,4-10,12H2,1-3H3,(H,22,23,26). The van der Waals surface area contributed by atoms with Gasteiger partial charge in [0.1, 0.15) is 5.39 Å². The second-order valence-electron chi connectivity index (χ2n) is 8.73. The van der Waals surface area contributed by atoms with Crippen LogP contribution in [0.25, 0.3) is 11.0 Å². The van der Waals surface area contributed by atoms with Crippen molar-refractivity contribution in [2.45, 2.75) is 51.7 Å². The largest absolute Gasteiger partial charge is 0.377 e. The van der Waals surface area contributed by atoms with Crippen molar-refractivity contribution in [3.8, 4) is 0 Å². The molecule has 0 bridgehead atoms. The molecule has 8 nitrogen and oxygen atoms in total. The third kappa shape index (κ3) is 3.87. The lowest BCUT2D eigenvalue weighted by molar-refractivity contribution is 0.0352. The van der Waals surface area contributed by atoms with Crippen LogP contribution in [-0.4, -0.2) is 58.6 Å². The Morgan fingerprint density at radius 3 is 2.70 bits per heavy atom. The van der Waals surface area contributed by atoms with E-state index in [1.807, 2.05) is 4.68 Å². The minimum absolute atomic E-state index is 0.121. The van der Waals surface area contributed by atoms with Crippen LogP contribution in [0.3, 0.4) is 0 Å². The van der Waals surface area contributed by atoms with E-state index >= 15 is 0 Å². The van der Waals surface area contributed by atoms with Gasteiger partial charge in [0.15, 0.2) is 5.65 Å².